The van der Waals surface area contributed by atoms with Gasteiger partial charge < -0.3 is 9.64 Å². The van der Waals surface area contributed by atoms with Crippen molar-refractivity contribution in [3.05, 3.63) is 30.1 Å². The van der Waals surface area contributed by atoms with Crippen molar-refractivity contribution in [2.24, 2.45) is 0 Å². The average Bonchev–Trinajstić information content (AvgIpc) is 2.43. The van der Waals surface area contributed by atoms with Crippen molar-refractivity contribution in [2.45, 2.75) is 26.2 Å². The van der Waals surface area contributed by atoms with Gasteiger partial charge in [-0.2, -0.15) is 0 Å². The second-order valence-electron chi connectivity index (χ2n) is 4.23. The number of nitrogens with zero attached hydrogens (tertiary/aromatic N) is 2. The molecule has 0 saturated heterocycles. The summed E-state index contributed by atoms with van der Waals surface area (Å²) in [6.07, 6.45) is 4.60. The lowest BCUT2D eigenvalue weighted by molar-refractivity contribution is -0.145. The van der Waals surface area contributed by atoms with Gasteiger partial charge in [0, 0.05) is 32.4 Å². The lowest BCUT2D eigenvalue weighted by Gasteiger charge is -2.16. The molecule has 1 rings (SSSR count). The minimum absolute atomic E-state index is 0.0397. The summed E-state index contributed by atoms with van der Waals surface area (Å²) >= 11 is 0. The van der Waals surface area contributed by atoms with Gasteiger partial charge in [0.15, 0.2) is 0 Å². The van der Waals surface area contributed by atoms with E-state index in [-0.39, 0.29) is 24.7 Å². The highest BCUT2D eigenvalue weighted by Gasteiger charge is 2.11. The van der Waals surface area contributed by atoms with Gasteiger partial charge in [-0.1, -0.05) is 0 Å². The van der Waals surface area contributed by atoms with Gasteiger partial charge in [-0.25, -0.2) is 0 Å². The van der Waals surface area contributed by atoms with E-state index in [4.69, 9.17) is 4.74 Å². The van der Waals surface area contributed by atoms with Crippen molar-refractivity contribution in [2.75, 3.05) is 20.2 Å². The van der Waals surface area contributed by atoms with E-state index in [1.807, 2.05) is 12.1 Å². The first-order chi connectivity index (χ1) is 9.13. The molecule has 19 heavy (non-hydrogen) atoms. The number of aromatic nitrogens is 1. The quantitative estimate of drug-likeness (QED) is 0.699. The van der Waals surface area contributed by atoms with Crippen LogP contribution in [0.15, 0.2) is 24.5 Å². The molecule has 1 aromatic rings. The molecule has 0 aromatic carbocycles. The zero-order valence-electron chi connectivity index (χ0n) is 11.5. The van der Waals surface area contributed by atoms with E-state index < -0.39 is 0 Å². The predicted octanol–water partition coefficient (Wildman–Crippen LogP) is 1.43. The van der Waals surface area contributed by atoms with Crippen molar-refractivity contribution < 1.29 is 14.3 Å². The fourth-order valence-corrected chi connectivity index (χ4v) is 1.60. The van der Waals surface area contributed by atoms with Crippen LogP contribution in [0, 0.1) is 0 Å². The van der Waals surface area contributed by atoms with Gasteiger partial charge in [-0.05, 0) is 31.0 Å². The van der Waals surface area contributed by atoms with Crippen LogP contribution in [0.2, 0.25) is 0 Å². The Morgan fingerprint density at radius 3 is 2.58 bits per heavy atom. The molecule has 0 atom stereocenters. The van der Waals surface area contributed by atoms with Crippen LogP contribution in [0.5, 0.6) is 0 Å². The van der Waals surface area contributed by atoms with Crippen LogP contribution in [0.3, 0.4) is 0 Å². The van der Waals surface area contributed by atoms with Gasteiger partial charge in [0.05, 0.1) is 13.0 Å². The van der Waals surface area contributed by atoms with E-state index in [1.54, 1.807) is 31.3 Å². The van der Waals surface area contributed by atoms with Crippen molar-refractivity contribution in [3.63, 3.8) is 0 Å². The Morgan fingerprint density at radius 1 is 1.26 bits per heavy atom. The first kappa shape index (κ1) is 15.1. The first-order valence-corrected chi connectivity index (χ1v) is 6.42. The molecule has 0 fully saturated rings. The topological polar surface area (TPSA) is 59.5 Å². The predicted molar refractivity (Wildman–Crippen MR) is 71.4 cm³/mol. The van der Waals surface area contributed by atoms with Crippen LogP contribution in [0.4, 0.5) is 0 Å². The van der Waals surface area contributed by atoms with Crippen molar-refractivity contribution in [3.8, 4) is 0 Å². The number of hydrogen-bond donors (Lipinski definition) is 0. The summed E-state index contributed by atoms with van der Waals surface area (Å²) in [5.74, 6) is -0.361. The van der Waals surface area contributed by atoms with Gasteiger partial charge in [-0.15, -0.1) is 0 Å². The summed E-state index contributed by atoms with van der Waals surface area (Å²) in [6, 6.07) is 3.86. The third-order valence-corrected chi connectivity index (χ3v) is 2.76. The summed E-state index contributed by atoms with van der Waals surface area (Å²) in [6.45, 7) is 2.73. The zero-order valence-corrected chi connectivity index (χ0v) is 11.5. The molecule has 0 saturated carbocycles. The van der Waals surface area contributed by atoms with E-state index >= 15 is 0 Å². The van der Waals surface area contributed by atoms with Crippen molar-refractivity contribution in [1.82, 2.24) is 9.88 Å². The normalized spacial score (nSPS) is 10.0. The maximum Gasteiger partial charge on any atom is 0.306 e. The smallest absolute Gasteiger partial charge is 0.306 e. The molecule has 0 radical (unpaired) electrons. The highest BCUT2D eigenvalue weighted by Crippen LogP contribution is 2.02. The molecule has 0 aliphatic rings. The van der Waals surface area contributed by atoms with E-state index in [0.29, 0.717) is 13.2 Å². The molecule has 5 nitrogen and oxygen atoms in total. The number of carbonyl (C=O) groups is 2. The largest absolute Gasteiger partial charge is 0.466 e. The summed E-state index contributed by atoms with van der Waals surface area (Å²) in [4.78, 5) is 28.5. The van der Waals surface area contributed by atoms with Crippen molar-refractivity contribution in [1.29, 1.82) is 0 Å². The Balaban J connectivity index is 2.27. The Hall–Kier alpha value is -1.91. The summed E-state index contributed by atoms with van der Waals surface area (Å²) in [7, 11) is 1.74. The van der Waals surface area contributed by atoms with Crippen LogP contribution >= 0.6 is 0 Å². The number of esters is 1. The molecule has 1 amide bonds. The lowest BCUT2D eigenvalue weighted by atomic mass is 10.2. The number of hydrogen-bond acceptors (Lipinski definition) is 4. The Kier molecular flexibility index (Phi) is 6.57. The second kappa shape index (κ2) is 8.24. The number of ether oxygens (including phenoxy) is 1. The van der Waals surface area contributed by atoms with Gasteiger partial charge >= 0.3 is 5.97 Å². The summed E-state index contributed by atoms with van der Waals surface area (Å²) < 4.78 is 4.78. The first-order valence-electron chi connectivity index (χ1n) is 6.42. The van der Waals surface area contributed by atoms with Crippen LogP contribution in [-0.2, 0) is 20.7 Å². The molecule has 1 aromatic heterocycles. The second-order valence-corrected chi connectivity index (χ2v) is 4.23. The van der Waals surface area contributed by atoms with Gasteiger partial charge in [0.25, 0.3) is 0 Å². The van der Waals surface area contributed by atoms with Gasteiger partial charge in [0.2, 0.25) is 5.91 Å². The summed E-state index contributed by atoms with van der Waals surface area (Å²) in [5, 5.41) is 0. The number of carbonyl (C=O) groups excluding carboxylic acids is 2. The monoisotopic (exact) mass is 264 g/mol. The molecular formula is C14H20N2O3. The van der Waals surface area contributed by atoms with Gasteiger partial charge in [-0.3, -0.25) is 14.6 Å². The molecule has 1 heterocycles. The molecule has 0 aliphatic carbocycles. The SMILES string of the molecule is CCOC(=O)CCC(=O)N(C)CCc1ccncc1. The average molecular weight is 264 g/mol. The molecule has 0 spiro atoms. The standard InChI is InChI=1S/C14H20N2O3/c1-3-19-14(18)5-4-13(17)16(2)11-8-12-6-9-15-10-7-12/h6-7,9-10H,3-5,8,11H2,1-2H3. The molecule has 0 aliphatic heterocycles. The van der Waals surface area contributed by atoms with Crippen molar-refractivity contribution >= 4 is 11.9 Å². The number of amides is 1. The highest BCUT2D eigenvalue weighted by atomic mass is 16.5. The number of likely N-dealkylation sites (N-methyl/N-ethyl adjacent to an activating group) is 1. The molecule has 104 valence electrons. The zero-order chi connectivity index (χ0) is 14.1. The molecule has 0 unspecified atom stereocenters. The van der Waals surface area contributed by atoms with E-state index in [2.05, 4.69) is 4.98 Å². The summed E-state index contributed by atoms with van der Waals surface area (Å²) in [5.41, 5.74) is 1.14. The Morgan fingerprint density at radius 2 is 1.95 bits per heavy atom. The Bertz CT molecular complexity index is 406. The number of rotatable bonds is 7. The molecule has 5 heteroatoms. The lowest BCUT2D eigenvalue weighted by Crippen LogP contribution is -2.29. The maximum atomic E-state index is 11.8. The third kappa shape index (κ3) is 5.99. The minimum atomic E-state index is -0.321. The molecule has 0 bridgehead atoms. The fourth-order valence-electron chi connectivity index (χ4n) is 1.60. The Labute approximate surface area is 113 Å². The molecule has 0 N–H and O–H groups in total. The minimum Gasteiger partial charge on any atom is -0.466 e. The number of pyridine rings is 1. The van der Waals surface area contributed by atoms with E-state index in [1.165, 1.54) is 0 Å². The van der Waals surface area contributed by atoms with Gasteiger partial charge in [0.1, 0.15) is 0 Å². The molecular weight excluding hydrogens is 244 g/mol. The van der Waals surface area contributed by atoms with Crippen LogP contribution in [0.1, 0.15) is 25.3 Å². The van der Waals surface area contributed by atoms with E-state index in [9.17, 15) is 9.59 Å². The third-order valence-electron chi connectivity index (χ3n) is 2.76. The van der Waals surface area contributed by atoms with E-state index in [0.717, 1.165) is 12.0 Å². The van der Waals surface area contributed by atoms with Crippen LogP contribution in [-0.4, -0.2) is 42.0 Å². The fraction of sp³-hybridized carbons (Fsp3) is 0.500. The highest BCUT2D eigenvalue weighted by molar-refractivity contribution is 5.81. The maximum absolute atomic E-state index is 11.8. The van der Waals surface area contributed by atoms with Crippen LogP contribution < -0.4 is 0 Å². The van der Waals surface area contributed by atoms with Crippen LogP contribution in [0.25, 0.3) is 0 Å².